The number of carbonyl (C=O) groups excluding carboxylic acids is 1. The molecule has 104 valence electrons. The first-order valence-corrected chi connectivity index (χ1v) is 7.01. The van der Waals surface area contributed by atoms with E-state index in [-0.39, 0.29) is 5.97 Å². The molecule has 1 aromatic carbocycles. The van der Waals surface area contributed by atoms with Crippen LogP contribution in [0, 0.1) is 3.57 Å². The van der Waals surface area contributed by atoms with Crippen molar-refractivity contribution in [1.82, 2.24) is 4.98 Å². The van der Waals surface area contributed by atoms with E-state index in [1.165, 1.54) is 13.2 Å². The third-order valence-electron chi connectivity index (χ3n) is 2.84. The van der Waals surface area contributed by atoms with Gasteiger partial charge >= 0.3 is 5.97 Å². The molecule has 0 aliphatic heterocycles. The summed E-state index contributed by atoms with van der Waals surface area (Å²) >= 11 is 2.22. The monoisotopic (exact) mass is 383 g/mol. The SMILES string of the molecule is COC(=O)/C=C/c1c(I)c[nH]c1-c1ccc(OC)cc1. The largest absolute Gasteiger partial charge is 0.497 e. The lowest BCUT2D eigenvalue weighted by molar-refractivity contribution is -0.134. The molecule has 0 bridgehead atoms. The van der Waals surface area contributed by atoms with E-state index in [0.29, 0.717) is 0 Å². The van der Waals surface area contributed by atoms with Crippen LogP contribution in [-0.4, -0.2) is 25.2 Å². The molecule has 2 rings (SSSR count). The normalized spacial score (nSPS) is 10.8. The number of nitrogens with one attached hydrogen (secondary N) is 1. The predicted molar refractivity (Wildman–Crippen MR) is 86.5 cm³/mol. The van der Waals surface area contributed by atoms with Crippen molar-refractivity contribution in [2.45, 2.75) is 0 Å². The molecule has 20 heavy (non-hydrogen) atoms. The molecule has 1 N–H and O–H groups in total. The predicted octanol–water partition coefficient (Wildman–Crippen LogP) is 3.48. The highest BCUT2D eigenvalue weighted by atomic mass is 127. The van der Waals surface area contributed by atoms with Gasteiger partial charge in [0.1, 0.15) is 5.75 Å². The molecule has 0 saturated heterocycles. The molecule has 1 aromatic heterocycles. The van der Waals surface area contributed by atoms with Crippen LogP contribution in [-0.2, 0) is 9.53 Å². The molecule has 0 saturated carbocycles. The average Bonchev–Trinajstić information content (AvgIpc) is 2.86. The zero-order valence-electron chi connectivity index (χ0n) is 11.1. The van der Waals surface area contributed by atoms with Gasteiger partial charge < -0.3 is 14.5 Å². The summed E-state index contributed by atoms with van der Waals surface area (Å²) in [5, 5.41) is 0. The van der Waals surface area contributed by atoms with E-state index in [2.05, 4.69) is 32.3 Å². The van der Waals surface area contributed by atoms with Gasteiger partial charge in [-0.25, -0.2) is 4.79 Å². The molecule has 0 unspecified atom stereocenters. The summed E-state index contributed by atoms with van der Waals surface area (Å²) in [5.74, 6) is 0.435. The van der Waals surface area contributed by atoms with Gasteiger partial charge in [-0.15, -0.1) is 0 Å². The number of halogens is 1. The summed E-state index contributed by atoms with van der Waals surface area (Å²) in [4.78, 5) is 14.4. The summed E-state index contributed by atoms with van der Waals surface area (Å²) in [6.07, 6.45) is 5.07. The van der Waals surface area contributed by atoms with Crippen LogP contribution in [0.5, 0.6) is 5.75 Å². The molecular formula is C15H14INO3. The average molecular weight is 383 g/mol. The van der Waals surface area contributed by atoms with Crippen LogP contribution in [0.1, 0.15) is 5.56 Å². The van der Waals surface area contributed by atoms with Gasteiger partial charge in [-0.05, 0) is 58.5 Å². The van der Waals surface area contributed by atoms with Gasteiger partial charge in [0.15, 0.2) is 0 Å². The maximum atomic E-state index is 11.2. The Morgan fingerprint density at radius 1 is 1.25 bits per heavy atom. The molecule has 1 heterocycles. The van der Waals surface area contributed by atoms with Crippen LogP contribution in [0.15, 0.2) is 36.5 Å². The van der Waals surface area contributed by atoms with Crippen LogP contribution in [0.3, 0.4) is 0 Å². The molecule has 0 amide bonds. The third kappa shape index (κ3) is 3.22. The van der Waals surface area contributed by atoms with E-state index < -0.39 is 0 Å². The molecule has 0 radical (unpaired) electrons. The lowest BCUT2D eigenvalue weighted by Crippen LogP contribution is -1.93. The number of H-pyrrole nitrogens is 1. The minimum absolute atomic E-state index is 0.373. The Morgan fingerprint density at radius 3 is 2.55 bits per heavy atom. The van der Waals surface area contributed by atoms with Crippen molar-refractivity contribution in [2.24, 2.45) is 0 Å². The lowest BCUT2D eigenvalue weighted by Gasteiger charge is -2.04. The Balaban J connectivity index is 2.37. The first-order valence-electron chi connectivity index (χ1n) is 5.93. The summed E-state index contributed by atoms with van der Waals surface area (Å²) in [7, 11) is 3.00. The molecule has 0 aliphatic carbocycles. The van der Waals surface area contributed by atoms with E-state index in [1.807, 2.05) is 30.5 Å². The summed E-state index contributed by atoms with van der Waals surface area (Å²) in [6.45, 7) is 0. The van der Waals surface area contributed by atoms with E-state index in [0.717, 1.165) is 26.1 Å². The topological polar surface area (TPSA) is 51.3 Å². The van der Waals surface area contributed by atoms with Gasteiger partial charge in [-0.3, -0.25) is 0 Å². The first kappa shape index (κ1) is 14.6. The molecule has 0 atom stereocenters. The number of hydrogen-bond acceptors (Lipinski definition) is 3. The number of rotatable bonds is 4. The number of methoxy groups -OCH3 is 2. The highest BCUT2D eigenvalue weighted by Gasteiger charge is 2.09. The fourth-order valence-electron chi connectivity index (χ4n) is 1.79. The van der Waals surface area contributed by atoms with Gasteiger partial charge in [-0.2, -0.15) is 0 Å². The van der Waals surface area contributed by atoms with Gasteiger partial charge in [0.2, 0.25) is 0 Å². The van der Waals surface area contributed by atoms with Crippen LogP contribution in [0.2, 0.25) is 0 Å². The Hall–Kier alpha value is -1.76. The fraction of sp³-hybridized carbons (Fsp3) is 0.133. The van der Waals surface area contributed by atoms with E-state index in [4.69, 9.17) is 4.74 Å². The van der Waals surface area contributed by atoms with Gasteiger partial charge in [0.25, 0.3) is 0 Å². The zero-order valence-corrected chi connectivity index (χ0v) is 13.3. The molecule has 0 aliphatic rings. The van der Waals surface area contributed by atoms with Crippen LogP contribution in [0.4, 0.5) is 0 Å². The highest BCUT2D eigenvalue weighted by Crippen LogP contribution is 2.29. The second-order valence-corrected chi connectivity index (χ2v) is 5.17. The Labute approximate surface area is 130 Å². The fourth-order valence-corrected chi connectivity index (χ4v) is 2.39. The van der Waals surface area contributed by atoms with Crippen LogP contribution < -0.4 is 4.74 Å². The third-order valence-corrected chi connectivity index (χ3v) is 3.73. The molecule has 4 nitrogen and oxygen atoms in total. The molecule has 5 heteroatoms. The van der Waals surface area contributed by atoms with Crippen molar-refractivity contribution in [3.8, 4) is 17.0 Å². The summed E-state index contributed by atoms with van der Waals surface area (Å²) in [5.41, 5.74) is 2.94. The first-order chi connectivity index (χ1) is 9.65. The maximum Gasteiger partial charge on any atom is 0.330 e. The number of benzene rings is 1. The Kier molecular flexibility index (Phi) is 4.84. The van der Waals surface area contributed by atoms with E-state index in [1.54, 1.807) is 13.2 Å². The van der Waals surface area contributed by atoms with Gasteiger partial charge in [-0.1, -0.05) is 0 Å². The van der Waals surface area contributed by atoms with Crippen LogP contribution in [0.25, 0.3) is 17.3 Å². The Morgan fingerprint density at radius 2 is 1.95 bits per heavy atom. The van der Waals surface area contributed by atoms with Crippen molar-refractivity contribution >= 4 is 34.6 Å². The van der Waals surface area contributed by atoms with Crippen molar-refractivity contribution in [2.75, 3.05) is 14.2 Å². The number of esters is 1. The maximum absolute atomic E-state index is 11.2. The van der Waals surface area contributed by atoms with Crippen LogP contribution >= 0.6 is 22.6 Å². The number of carbonyl (C=O) groups is 1. The standard InChI is InChI=1S/C15H14INO3/c1-19-11-5-3-10(4-6-11)15-12(13(16)9-17-15)7-8-14(18)20-2/h3-9,17H,1-2H3/b8-7+. The van der Waals surface area contributed by atoms with Crippen molar-refractivity contribution in [3.63, 3.8) is 0 Å². The van der Waals surface area contributed by atoms with Gasteiger partial charge in [0.05, 0.1) is 19.9 Å². The number of hydrogen-bond donors (Lipinski definition) is 1. The lowest BCUT2D eigenvalue weighted by atomic mass is 10.1. The van der Waals surface area contributed by atoms with Crippen molar-refractivity contribution in [3.05, 3.63) is 45.7 Å². The minimum Gasteiger partial charge on any atom is -0.497 e. The molecule has 0 fully saturated rings. The van der Waals surface area contributed by atoms with Crippen molar-refractivity contribution < 1.29 is 14.3 Å². The summed E-state index contributed by atoms with van der Waals surface area (Å²) in [6, 6.07) is 7.74. The van der Waals surface area contributed by atoms with Gasteiger partial charge in [0, 0.05) is 21.4 Å². The zero-order chi connectivity index (χ0) is 14.5. The highest BCUT2D eigenvalue weighted by molar-refractivity contribution is 14.1. The second kappa shape index (κ2) is 6.60. The quantitative estimate of drug-likeness (QED) is 0.500. The second-order valence-electron chi connectivity index (χ2n) is 4.01. The number of aromatic amines is 1. The molecule has 0 spiro atoms. The van der Waals surface area contributed by atoms with E-state index in [9.17, 15) is 4.79 Å². The smallest absolute Gasteiger partial charge is 0.330 e. The Bertz CT molecular complexity index is 629. The molecular weight excluding hydrogens is 369 g/mol. The van der Waals surface area contributed by atoms with Crippen molar-refractivity contribution in [1.29, 1.82) is 0 Å². The minimum atomic E-state index is -0.373. The van der Waals surface area contributed by atoms with E-state index >= 15 is 0 Å². The number of aromatic nitrogens is 1. The number of ether oxygens (including phenoxy) is 2. The molecule has 2 aromatic rings. The summed E-state index contributed by atoms with van der Waals surface area (Å²) < 4.78 is 10.8.